The molecular formula is C30H29F3N6O5. The fraction of sp³-hybridized carbons (Fsp3) is 0.300. The zero-order valence-electron chi connectivity index (χ0n) is 24.0. The number of carbonyl (C=O) groups excluding carboxylic acids is 3. The van der Waals surface area contributed by atoms with Crippen molar-refractivity contribution >= 4 is 28.6 Å². The molecule has 3 N–H and O–H groups in total. The minimum absolute atomic E-state index is 0.0109. The monoisotopic (exact) mass is 610 g/mol. The largest absolute Gasteiger partial charge is 0.573 e. The Balaban J connectivity index is 1.33. The first-order chi connectivity index (χ1) is 20.9. The summed E-state index contributed by atoms with van der Waals surface area (Å²) in [5.41, 5.74) is 2.12. The Kier molecular flexibility index (Phi) is 8.43. The third-order valence-corrected chi connectivity index (χ3v) is 7.16. The number of carbonyl (C=O) groups is 3. The highest BCUT2D eigenvalue weighted by Crippen LogP contribution is 2.29. The van der Waals surface area contributed by atoms with Gasteiger partial charge in [-0.15, -0.1) is 13.2 Å². The van der Waals surface area contributed by atoms with Crippen molar-refractivity contribution in [3.05, 3.63) is 71.5 Å². The summed E-state index contributed by atoms with van der Waals surface area (Å²) in [5, 5.41) is 13.1. The average molecular weight is 611 g/mol. The quantitative estimate of drug-likeness (QED) is 0.258. The number of hydrogen-bond donors (Lipinski definition) is 3. The highest BCUT2D eigenvalue weighted by molar-refractivity contribution is 6.06. The van der Waals surface area contributed by atoms with Gasteiger partial charge in [-0.3, -0.25) is 19.5 Å². The highest BCUT2D eigenvalue weighted by Gasteiger charge is 2.33. The smallest absolute Gasteiger partial charge is 0.480 e. The molecule has 0 bridgehead atoms. The molecule has 0 aliphatic carbocycles. The summed E-state index contributed by atoms with van der Waals surface area (Å²) in [4.78, 5) is 44.3. The van der Waals surface area contributed by atoms with Gasteiger partial charge in [0, 0.05) is 48.3 Å². The van der Waals surface area contributed by atoms with Gasteiger partial charge in [-0.05, 0) is 43.7 Å². The second-order valence-electron chi connectivity index (χ2n) is 10.5. The van der Waals surface area contributed by atoms with Crippen molar-refractivity contribution in [3.63, 3.8) is 0 Å². The molecule has 1 aliphatic heterocycles. The maximum absolute atomic E-state index is 13.1. The number of pyridine rings is 1. The van der Waals surface area contributed by atoms with Crippen molar-refractivity contribution in [2.75, 3.05) is 13.7 Å². The van der Waals surface area contributed by atoms with Gasteiger partial charge in [0.15, 0.2) is 5.69 Å². The molecule has 0 radical (unpaired) electrons. The number of methoxy groups -OCH3 is 1. The molecule has 1 atom stereocenters. The van der Waals surface area contributed by atoms with Crippen LogP contribution in [0.15, 0.2) is 54.7 Å². The van der Waals surface area contributed by atoms with Crippen molar-refractivity contribution in [1.82, 2.24) is 30.7 Å². The number of para-hydroxylation sites is 1. The number of ether oxygens (including phenoxy) is 2. The molecule has 0 saturated carbocycles. The lowest BCUT2D eigenvalue weighted by Crippen LogP contribution is -2.39. The second-order valence-corrected chi connectivity index (χ2v) is 10.5. The molecule has 1 aliphatic rings. The first kappa shape index (κ1) is 30.3. The Morgan fingerprint density at radius 3 is 2.59 bits per heavy atom. The predicted molar refractivity (Wildman–Crippen MR) is 153 cm³/mol. The van der Waals surface area contributed by atoms with Gasteiger partial charge in [0.2, 0.25) is 11.8 Å². The van der Waals surface area contributed by atoms with Crippen molar-refractivity contribution in [2.24, 2.45) is 0 Å². The number of aromatic nitrogens is 3. The number of alkyl halides is 3. The third-order valence-electron chi connectivity index (χ3n) is 7.16. The molecule has 230 valence electrons. The Hall–Kier alpha value is -5.14. The van der Waals surface area contributed by atoms with Crippen LogP contribution in [-0.2, 0) is 11.3 Å². The van der Waals surface area contributed by atoms with Crippen LogP contribution in [-0.4, -0.2) is 69.9 Å². The number of nitrogens with zero attached hydrogens (tertiary/aromatic N) is 3. The Labute approximate surface area is 249 Å². The van der Waals surface area contributed by atoms with E-state index in [0.717, 1.165) is 6.07 Å². The van der Waals surface area contributed by atoms with E-state index in [2.05, 4.69) is 30.6 Å². The van der Waals surface area contributed by atoms with E-state index in [1.54, 1.807) is 29.2 Å². The number of rotatable bonds is 9. The SMILES string of the molecule is COc1ncc(-c2ccc3c(C(=O)NC4CC(=O)N(C(C)C)C4)n[nH]c3c2)cc1C(=O)NCc1ccccc1OC(F)(F)F. The van der Waals surface area contributed by atoms with E-state index < -0.39 is 23.9 Å². The van der Waals surface area contributed by atoms with Gasteiger partial charge < -0.3 is 25.0 Å². The molecule has 1 saturated heterocycles. The molecule has 44 heavy (non-hydrogen) atoms. The molecule has 4 aromatic rings. The van der Waals surface area contributed by atoms with E-state index in [1.165, 1.54) is 31.5 Å². The van der Waals surface area contributed by atoms with Crippen molar-refractivity contribution in [2.45, 2.75) is 45.3 Å². The fourth-order valence-electron chi connectivity index (χ4n) is 5.03. The van der Waals surface area contributed by atoms with Crippen LogP contribution < -0.4 is 20.1 Å². The van der Waals surface area contributed by atoms with Gasteiger partial charge in [0.1, 0.15) is 11.3 Å². The second kappa shape index (κ2) is 12.2. The zero-order valence-corrected chi connectivity index (χ0v) is 24.0. The van der Waals surface area contributed by atoms with Gasteiger partial charge in [-0.1, -0.05) is 24.3 Å². The van der Waals surface area contributed by atoms with Crippen LogP contribution in [0.4, 0.5) is 13.2 Å². The molecule has 5 rings (SSSR count). The van der Waals surface area contributed by atoms with Gasteiger partial charge in [-0.25, -0.2) is 4.98 Å². The lowest BCUT2D eigenvalue weighted by atomic mass is 10.0. The van der Waals surface area contributed by atoms with Gasteiger partial charge in [0.05, 0.1) is 18.7 Å². The van der Waals surface area contributed by atoms with E-state index in [-0.39, 0.29) is 53.7 Å². The van der Waals surface area contributed by atoms with Crippen LogP contribution in [0.2, 0.25) is 0 Å². The maximum atomic E-state index is 13.1. The number of benzene rings is 2. The number of nitrogens with one attached hydrogen (secondary N) is 3. The van der Waals surface area contributed by atoms with E-state index in [1.807, 2.05) is 13.8 Å². The van der Waals surface area contributed by atoms with E-state index in [0.29, 0.717) is 28.6 Å². The molecule has 0 spiro atoms. The first-order valence-electron chi connectivity index (χ1n) is 13.7. The Morgan fingerprint density at radius 1 is 1.11 bits per heavy atom. The van der Waals surface area contributed by atoms with Crippen LogP contribution in [0, 0.1) is 0 Å². The molecule has 3 amide bonds. The maximum Gasteiger partial charge on any atom is 0.573 e. The molecule has 1 unspecified atom stereocenters. The average Bonchev–Trinajstić information content (AvgIpc) is 3.58. The lowest BCUT2D eigenvalue weighted by Gasteiger charge is -2.21. The molecule has 2 aromatic carbocycles. The summed E-state index contributed by atoms with van der Waals surface area (Å²) >= 11 is 0. The van der Waals surface area contributed by atoms with E-state index in [4.69, 9.17) is 4.74 Å². The van der Waals surface area contributed by atoms with Crippen LogP contribution >= 0.6 is 0 Å². The summed E-state index contributed by atoms with van der Waals surface area (Å²) in [6.07, 6.45) is -3.15. The molecular weight excluding hydrogens is 581 g/mol. The van der Waals surface area contributed by atoms with Crippen LogP contribution in [0.3, 0.4) is 0 Å². The number of hydrogen-bond acceptors (Lipinski definition) is 7. The summed E-state index contributed by atoms with van der Waals surface area (Å²) in [6, 6.07) is 12.0. The number of halogens is 3. The number of H-pyrrole nitrogens is 1. The van der Waals surface area contributed by atoms with Crippen molar-refractivity contribution < 1.29 is 37.0 Å². The third kappa shape index (κ3) is 6.58. The molecule has 3 heterocycles. The standard InChI is InChI=1S/C30H29F3N6O5/c1-16(2)39-15-20(12-25(39)40)36-28(42)26-21-9-8-17(11-23(21)37-38-26)19-10-22(29(43-3)35-14-19)27(41)34-13-18-6-4-5-7-24(18)44-30(31,32)33/h4-11,14,16,20H,12-13,15H2,1-3H3,(H,34,41)(H,36,42)(H,37,38). The first-order valence-corrected chi connectivity index (χ1v) is 13.7. The topological polar surface area (TPSA) is 139 Å². The number of amides is 3. The number of fused-ring (bicyclic) bond motifs is 1. The number of aromatic amines is 1. The fourth-order valence-corrected chi connectivity index (χ4v) is 5.03. The normalized spacial score (nSPS) is 15.1. The molecule has 2 aromatic heterocycles. The van der Waals surface area contributed by atoms with Crippen LogP contribution in [0.1, 0.15) is 46.7 Å². The number of likely N-dealkylation sites (tertiary alicyclic amines) is 1. The predicted octanol–water partition coefficient (Wildman–Crippen LogP) is 4.20. The Bertz CT molecular complexity index is 1720. The Morgan fingerprint density at radius 2 is 1.89 bits per heavy atom. The van der Waals surface area contributed by atoms with Crippen molar-refractivity contribution in [1.29, 1.82) is 0 Å². The summed E-state index contributed by atoms with van der Waals surface area (Å²) in [5.74, 6) is -1.44. The summed E-state index contributed by atoms with van der Waals surface area (Å²) < 4.78 is 47.7. The molecule has 1 fully saturated rings. The minimum Gasteiger partial charge on any atom is -0.480 e. The van der Waals surface area contributed by atoms with Crippen molar-refractivity contribution in [3.8, 4) is 22.8 Å². The van der Waals surface area contributed by atoms with Crippen LogP contribution in [0.25, 0.3) is 22.0 Å². The summed E-state index contributed by atoms with van der Waals surface area (Å²) in [7, 11) is 1.34. The lowest BCUT2D eigenvalue weighted by molar-refractivity contribution is -0.274. The van der Waals surface area contributed by atoms with Gasteiger partial charge in [-0.2, -0.15) is 5.10 Å². The molecule has 14 heteroatoms. The van der Waals surface area contributed by atoms with Gasteiger partial charge >= 0.3 is 6.36 Å². The zero-order chi connectivity index (χ0) is 31.6. The summed E-state index contributed by atoms with van der Waals surface area (Å²) in [6.45, 7) is 4.04. The van der Waals surface area contributed by atoms with Crippen LogP contribution in [0.5, 0.6) is 11.6 Å². The highest BCUT2D eigenvalue weighted by atomic mass is 19.4. The van der Waals surface area contributed by atoms with E-state index in [9.17, 15) is 27.6 Å². The van der Waals surface area contributed by atoms with E-state index >= 15 is 0 Å². The molecule has 11 nitrogen and oxygen atoms in total. The minimum atomic E-state index is -4.88. The van der Waals surface area contributed by atoms with Gasteiger partial charge in [0.25, 0.3) is 11.8 Å².